The van der Waals surface area contributed by atoms with Gasteiger partial charge in [-0.25, -0.2) is 0 Å². The van der Waals surface area contributed by atoms with Gasteiger partial charge >= 0.3 is 0 Å². The molecule has 0 aliphatic carbocycles. The number of carbonyl (C=O) groups excluding carboxylic acids is 2. The normalized spacial score (nSPS) is 9.54. The van der Waals surface area contributed by atoms with Crippen molar-refractivity contribution < 1.29 is 14.3 Å². The lowest BCUT2D eigenvalue weighted by atomic mass is 10.2. The van der Waals surface area contributed by atoms with Crippen LogP contribution in [0.25, 0.3) is 0 Å². The molecule has 0 aliphatic rings. The van der Waals surface area contributed by atoms with Crippen molar-refractivity contribution in [3.05, 3.63) is 64.1 Å². The second-order valence-corrected chi connectivity index (χ2v) is 5.61. The quantitative estimate of drug-likeness (QED) is 0.773. The van der Waals surface area contributed by atoms with Gasteiger partial charge in [0.2, 0.25) is 0 Å². The Kier molecular flexibility index (Phi) is 6.41. The highest BCUT2D eigenvalue weighted by Gasteiger charge is 2.07. The van der Waals surface area contributed by atoms with Crippen molar-refractivity contribution >= 4 is 27.7 Å². The lowest BCUT2D eigenvalue weighted by Crippen LogP contribution is -2.23. The maximum atomic E-state index is 11.9. The van der Waals surface area contributed by atoms with E-state index < -0.39 is 5.91 Å². The molecule has 0 spiro atoms. The van der Waals surface area contributed by atoms with Gasteiger partial charge < -0.3 is 15.8 Å². The van der Waals surface area contributed by atoms with E-state index in [0.29, 0.717) is 16.9 Å². The summed E-state index contributed by atoms with van der Waals surface area (Å²) in [6, 6.07) is 13.8. The van der Waals surface area contributed by atoms with Gasteiger partial charge in [-0.2, -0.15) is 0 Å². The van der Waals surface area contributed by atoms with Gasteiger partial charge in [-0.3, -0.25) is 9.59 Å². The minimum atomic E-state index is -0.556. The minimum Gasteiger partial charge on any atom is -0.480 e. The molecule has 5 nitrogen and oxygen atoms in total. The molecule has 0 fully saturated rings. The van der Waals surface area contributed by atoms with Gasteiger partial charge in [-0.15, -0.1) is 0 Å². The number of benzene rings is 2. The summed E-state index contributed by atoms with van der Waals surface area (Å²) in [6.45, 7) is 0.295. The third-order valence-electron chi connectivity index (χ3n) is 3.00. The molecule has 0 saturated carbocycles. The van der Waals surface area contributed by atoms with Crippen molar-refractivity contribution in [2.45, 2.75) is 0 Å². The molecule has 122 valence electrons. The molecule has 2 amide bonds. The molecule has 2 aromatic carbocycles. The number of hydrogen-bond donors (Lipinski definition) is 2. The molecule has 0 bridgehead atoms. The average molecular weight is 387 g/mol. The number of halogens is 1. The molecule has 0 aromatic heterocycles. The highest BCUT2D eigenvalue weighted by molar-refractivity contribution is 9.10. The molecule has 0 atom stereocenters. The van der Waals surface area contributed by atoms with Crippen LogP contribution in [0.3, 0.4) is 0 Å². The number of carbonyl (C=O) groups is 2. The zero-order valence-corrected chi connectivity index (χ0v) is 14.3. The van der Waals surface area contributed by atoms with E-state index >= 15 is 0 Å². The van der Waals surface area contributed by atoms with Crippen LogP contribution in [0, 0.1) is 11.8 Å². The Hall–Kier alpha value is -2.78. The first-order chi connectivity index (χ1) is 11.6. The van der Waals surface area contributed by atoms with Crippen LogP contribution in [0.5, 0.6) is 5.75 Å². The number of nitrogens with two attached hydrogens (primary N) is 1. The molecular formula is C18H15BrN2O3. The molecule has 0 heterocycles. The van der Waals surface area contributed by atoms with Crippen molar-refractivity contribution in [1.82, 2.24) is 5.32 Å². The molecule has 0 radical (unpaired) electrons. The summed E-state index contributed by atoms with van der Waals surface area (Å²) in [5.41, 5.74) is 6.12. The first kappa shape index (κ1) is 17.6. The first-order valence-electron chi connectivity index (χ1n) is 7.09. The molecule has 6 heteroatoms. The molecule has 0 unspecified atom stereocenters. The monoisotopic (exact) mass is 386 g/mol. The molecule has 2 aromatic rings. The van der Waals surface area contributed by atoms with Crippen LogP contribution in [0.1, 0.15) is 20.7 Å². The van der Waals surface area contributed by atoms with E-state index in [-0.39, 0.29) is 19.1 Å². The van der Waals surface area contributed by atoms with E-state index in [1.165, 1.54) is 0 Å². The molecule has 3 N–H and O–H groups in total. The second kappa shape index (κ2) is 8.75. The van der Waals surface area contributed by atoms with Gasteiger partial charge in [0.1, 0.15) is 12.4 Å². The summed E-state index contributed by atoms with van der Waals surface area (Å²) in [5, 5.41) is 2.69. The van der Waals surface area contributed by atoms with Crippen molar-refractivity contribution in [3.8, 4) is 17.6 Å². The summed E-state index contributed by atoms with van der Waals surface area (Å²) in [4.78, 5) is 23.1. The fourth-order valence-electron chi connectivity index (χ4n) is 1.88. The van der Waals surface area contributed by atoms with Crippen LogP contribution in [-0.4, -0.2) is 25.0 Å². The lowest BCUT2D eigenvalue weighted by Gasteiger charge is -2.05. The van der Waals surface area contributed by atoms with Gasteiger partial charge in [0.25, 0.3) is 11.8 Å². The smallest absolute Gasteiger partial charge is 0.252 e. The van der Waals surface area contributed by atoms with Gasteiger partial charge in [0.05, 0.1) is 12.1 Å². The molecule has 0 saturated heterocycles. The maximum absolute atomic E-state index is 11.9. The van der Waals surface area contributed by atoms with Crippen LogP contribution in [0.15, 0.2) is 53.0 Å². The molecule has 24 heavy (non-hydrogen) atoms. The summed E-state index contributed by atoms with van der Waals surface area (Å²) in [6.07, 6.45) is 0. The highest BCUT2D eigenvalue weighted by atomic mass is 79.9. The summed E-state index contributed by atoms with van der Waals surface area (Å²) < 4.78 is 6.25. The first-order valence-corrected chi connectivity index (χ1v) is 7.88. The van der Waals surface area contributed by atoms with Crippen LogP contribution >= 0.6 is 15.9 Å². The average Bonchev–Trinajstić information content (AvgIpc) is 2.58. The number of ether oxygens (including phenoxy) is 1. The molecule has 2 rings (SSSR count). The van der Waals surface area contributed by atoms with Crippen LogP contribution in [0.4, 0.5) is 0 Å². The fourth-order valence-corrected chi connectivity index (χ4v) is 2.28. The third kappa shape index (κ3) is 5.14. The predicted octanol–water partition coefficient (Wildman–Crippen LogP) is 2.36. The van der Waals surface area contributed by atoms with Crippen molar-refractivity contribution in [3.63, 3.8) is 0 Å². The van der Waals surface area contributed by atoms with Crippen molar-refractivity contribution in [2.24, 2.45) is 5.73 Å². The molecule has 0 aliphatic heterocycles. The van der Waals surface area contributed by atoms with Gasteiger partial charge in [0, 0.05) is 10.0 Å². The summed E-state index contributed by atoms with van der Waals surface area (Å²) in [5.74, 6) is 5.18. The number of primary amides is 1. The predicted molar refractivity (Wildman–Crippen MR) is 94.7 cm³/mol. The largest absolute Gasteiger partial charge is 0.480 e. The summed E-state index contributed by atoms with van der Waals surface area (Å²) >= 11 is 3.31. The Labute approximate surface area is 148 Å². The number of rotatable bonds is 5. The minimum absolute atomic E-state index is 0.0943. The number of hydrogen-bond acceptors (Lipinski definition) is 3. The lowest BCUT2D eigenvalue weighted by molar-refractivity contribution is 0.0956. The van der Waals surface area contributed by atoms with Crippen LogP contribution < -0.4 is 15.8 Å². The van der Waals surface area contributed by atoms with Crippen LogP contribution in [0.2, 0.25) is 0 Å². The topological polar surface area (TPSA) is 81.4 Å². The van der Waals surface area contributed by atoms with E-state index in [4.69, 9.17) is 10.5 Å². The SMILES string of the molecule is NC(=O)c1ccccc1OCC#CCNC(=O)c1cccc(Br)c1. The fraction of sp³-hybridized carbons (Fsp3) is 0.111. The Morgan fingerprint density at radius 3 is 2.67 bits per heavy atom. The van der Waals surface area contributed by atoms with Crippen molar-refractivity contribution in [1.29, 1.82) is 0 Å². The maximum Gasteiger partial charge on any atom is 0.252 e. The van der Waals surface area contributed by atoms with E-state index in [1.54, 1.807) is 42.5 Å². The highest BCUT2D eigenvalue weighted by Crippen LogP contribution is 2.16. The van der Waals surface area contributed by atoms with E-state index in [2.05, 4.69) is 33.1 Å². The van der Waals surface area contributed by atoms with E-state index in [9.17, 15) is 9.59 Å². The standard InChI is InChI=1S/C18H15BrN2O3/c19-14-7-5-6-13(12-14)18(23)21-10-3-4-11-24-16-9-2-1-8-15(16)17(20)22/h1-2,5-9,12H,10-11H2,(H2,20,22)(H,21,23). The Morgan fingerprint density at radius 1 is 1.12 bits per heavy atom. The number of nitrogens with one attached hydrogen (secondary N) is 1. The zero-order valence-electron chi connectivity index (χ0n) is 12.7. The third-order valence-corrected chi connectivity index (χ3v) is 3.49. The summed E-state index contributed by atoms with van der Waals surface area (Å²) in [7, 11) is 0. The molecular weight excluding hydrogens is 372 g/mol. The Balaban J connectivity index is 1.81. The van der Waals surface area contributed by atoms with Gasteiger partial charge in [0.15, 0.2) is 0 Å². The number of para-hydroxylation sites is 1. The van der Waals surface area contributed by atoms with E-state index in [1.807, 2.05) is 6.07 Å². The zero-order chi connectivity index (χ0) is 17.4. The Morgan fingerprint density at radius 2 is 1.92 bits per heavy atom. The van der Waals surface area contributed by atoms with Gasteiger partial charge in [-0.1, -0.05) is 46.0 Å². The van der Waals surface area contributed by atoms with E-state index in [0.717, 1.165) is 4.47 Å². The second-order valence-electron chi connectivity index (χ2n) is 4.70. The van der Waals surface area contributed by atoms with Crippen LogP contribution in [-0.2, 0) is 0 Å². The number of amides is 2. The van der Waals surface area contributed by atoms with Gasteiger partial charge in [-0.05, 0) is 30.3 Å². The van der Waals surface area contributed by atoms with Crippen molar-refractivity contribution in [2.75, 3.05) is 13.2 Å². The Bertz CT molecular complexity index is 809.